The van der Waals surface area contributed by atoms with E-state index in [2.05, 4.69) is 0 Å². The molecule has 1 aromatic heterocycles. The molecule has 5 nitrogen and oxygen atoms in total. The molecule has 2 heterocycles. The van der Waals surface area contributed by atoms with E-state index in [9.17, 15) is 4.79 Å². The summed E-state index contributed by atoms with van der Waals surface area (Å²) in [6.45, 7) is -0.344. The van der Waals surface area contributed by atoms with E-state index in [1.165, 1.54) is 6.07 Å². The lowest BCUT2D eigenvalue weighted by Crippen LogP contribution is -2.21. The van der Waals surface area contributed by atoms with Gasteiger partial charge < -0.3 is 20.0 Å². The van der Waals surface area contributed by atoms with Gasteiger partial charge >= 0.3 is 0 Å². The molecule has 0 fully saturated rings. The Bertz CT molecular complexity index is 718. The molecule has 0 amide bonds. The van der Waals surface area contributed by atoms with E-state index in [0.717, 1.165) is 5.56 Å². The number of aliphatic hydroxyl groups is 1. The minimum Gasteiger partial charge on any atom is -0.458 e. The molecule has 0 radical (unpaired) electrons. The zero-order chi connectivity index (χ0) is 14.1. The molecule has 1 unspecified atom stereocenters. The minimum atomic E-state index is -0.354. The SMILES string of the molecule is NC1=CC(c2ccccc2)c2oc(CO)cc(=O)c2O1. The van der Waals surface area contributed by atoms with Gasteiger partial charge in [0.1, 0.15) is 12.4 Å². The van der Waals surface area contributed by atoms with E-state index in [1.807, 2.05) is 30.3 Å². The molecule has 0 aliphatic carbocycles. The van der Waals surface area contributed by atoms with Crippen molar-refractivity contribution in [2.24, 2.45) is 5.73 Å². The van der Waals surface area contributed by atoms with Crippen molar-refractivity contribution in [3.63, 3.8) is 0 Å². The van der Waals surface area contributed by atoms with Gasteiger partial charge in [-0.3, -0.25) is 4.79 Å². The summed E-state index contributed by atoms with van der Waals surface area (Å²) < 4.78 is 10.8. The lowest BCUT2D eigenvalue weighted by atomic mass is 9.94. The molecule has 3 N–H and O–H groups in total. The molecule has 0 spiro atoms. The van der Waals surface area contributed by atoms with E-state index in [-0.39, 0.29) is 35.3 Å². The second kappa shape index (κ2) is 4.86. The molecule has 20 heavy (non-hydrogen) atoms. The van der Waals surface area contributed by atoms with Crippen LogP contribution in [-0.4, -0.2) is 5.11 Å². The first-order valence-electron chi connectivity index (χ1n) is 6.17. The molecule has 3 rings (SSSR count). The number of nitrogens with two attached hydrogens (primary N) is 1. The Balaban J connectivity index is 2.20. The largest absolute Gasteiger partial charge is 0.458 e. The Labute approximate surface area is 114 Å². The lowest BCUT2D eigenvalue weighted by Gasteiger charge is -2.21. The third-order valence-corrected chi connectivity index (χ3v) is 3.13. The van der Waals surface area contributed by atoms with Crippen molar-refractivity contribution >= 4 is 0 Å². The topological polar surface area (TPSA) is 85.7 Å². The van der Waals surface area contributed by atoms with Crippen LogP contribution in [0.3, 0.4) is 0 Å². The van der Waals surface area contributed by atoms with Crippen LogP contribution in [0.5, 0.6) is 5.75 Å². The van der Waals surface area contributed by atoms with Gasteiger partial charge in [-0.2, -0.15) is 0 Å². The van der Waals surface area contributed by atoms with Crippen LogP contribution in [0.15, 0.2) is 57.6 Å². The van der Waals surface area contributed by atoms with Crippen LogP contribution in [0, 0.1) is 0 Å². The predicted octanol–water partition coefficient (Wildman–Crippen LogP) is 1.46. The first-order valence-corrected chi connectivity index (χ1v) is 6.17. The molecule has 0 saturated heterocycles. The van der Waals surface area contributed by atoms with Crippen LogP contribution < -0.4 is 15.9 Å². The maximum absolute atomic E-state index is 12.0. The Morgan fingerprint density at radius 2 is 2.00 bits per heavy atom. The van der Waals surface area contributed by atoms with E-state index >= 15 is 0 Å². The smallest absolute Gasteiger partial charge is 0.228 e. The third-order valence-electron chi connectivity index (χ3n) is 3.13. The number of allylic oxidation sites excluding steroid dienone is 1. The molecule has 1 aromatic carbocycles. The number of rotatable bonds is 2. The molecule has 0 bridgehead atoms. The average Bonchev–Trinajstić information content (AvgIpc) is 2.48. The van der Waals surface area contributed by atoms with Crippen molar-refractivity contribution in [2.45, 2.75) is 12.5 Å². The van der Waals surface area contributed by atoms with E-state index in [0.29, 0.717) is 5.76 Å². The van der Waals surface area contributed by atoms with Crippen molar-refractivity contribution in [3.8, 4) is 5.75 Å². The van der Waals surface area contributed by atoms with E-state index in [4.69, 9.17) is 20.0 Å². The minimum absolute atomic E-state index is 0.0797. The van der Waals surface area contributed by atoms with Crippen LogP contribution in [0.4, 0.5) is 0 Å². The molecule has 0 saturated carbocycles. The monoisotopic (exact) mass is 271 g/mol. The predicted molar refractivity (Wildman–Crippen MR) is 72.1 cm³/mol. The molecular weight excluding hydrogens is 258 g/mol. The summed E-state index contributed by atoms with van der Waals surface area (Å²) in [5.74, 6) is 0.500. The maximum atomic E-state index is 12.0. The molecule has 1 aliphatic heterocycles. The number of benzene rings is 1. The molecule has 1 atom stereocenters. The highest BCUT2D eigenvalue weighted by Crippen LogP contribution is 2.35. The van der Waals surface area contributed by atoms with Gasteiger partial charge in [-0.05, 0) is 11.6 Å². The fraction of sp³-hybridized carbons (Fsp3) is 0.133. The molecule has 2 aromatic rings. The van der Waals surface area contributed by atoms with Crippen molar-refractivity contribution < 1.29 is 14.3 Å². The fourth-order valence-electron chi connectivity index (χ4n) is 2.23. The summed E-state index contributed by atoms with van der Waals surface area (Å²) in [7, 11) is 0. The zero-order valence-electron chi connectivity index (χ0n) is 10.6. The van der Waals surface area contributed by atoms with Gasteiger partial charge in [0.05, 0.1) is 5.92 Å². The summed E-state index contributed by atoms with van der Waals surface area (Å²) in [5.41, 5.74) is 6.30. The third kappa shape index (κ3) is 2.08. The number of fused-ring (bicyclic) bond motifs is 1. The summed E-state index contributed by atoms with van der Waals surface area (Å²) >= 11 is 0. The maximum Gasteiger partial charge on any atom is 0.228 e. The Kier molecular flexibility index (Phi) is 3.04. The van der Waals surface area contributed by atoms with Crippen molar-refractivity contribution in [1.82, 2.24) is 0 Å². The second-order valence-electron chi connectivity index (χ2n) is 4.49. The fourth-order valence-corrected chi connectivity index (χ4v) is 2.23. The van der Waals surface area contributed by atoms with E-state index < -0.39 is 0 Å². The van der Waals surface area contributed by atoms with Gasteiger partial charge in [-0.1, -0.05) is 30.3 Å². The van der Waals surface area contributed by atoms with Crippen LogP contribution >= 0.6 is 0 Å². The Morgan fingerprint density at radius 1 is 1.25 bits per heavy atom. The zero-order valence-corrected chi connectivity index (χ0v) is 10.6. The van der Waals surface area contributed by atoms with Crippen molar-refractivity contribution in [2.75, 3.05) is 0 Å². The van der Waals surface area contributed by atoms with Crippen molar-refractivity contribution in [3.05, 3.63) is 75.7 Å². The number of ether oxygens (including phenoxy) is 1. The number of hydrogen-bond acceptors (Lipinski definition) is 5. The summed E-state index contributed by atoms with van der Waals surface area (Å²) in [5, 5.41) is 9.16. The van der Waals surface area contributed by atoms with Crippen LogP contribution in [0.2, 0.25) is 0 Å². The quantitative estimate of drug-likeness (QED) is 0.863. The first-order chi connectivity index (χ1) is 9.69. The summed E-state index contributed by atoms with van der Waals surface area (Å²) in [6.07, 6.45) is 1.68. The second-order valence-corrected chi connectivity index (χ2v) is 4.49. The van der Waals surface area contributed by atoms with Crippen LogP contribution in [0.1, 0.15) is 23.0 Å². The van der Waals surface area contributed by atoms with Crippen LogP contribution in [-0.2, 0) is 6.61 Å². The highest BCUT2D eigenvalue weighted by Gasteiger charge is 2.27. The Morgan fingerprint density at radius 3 is 2.70 bits per heavy atom. The summed E-state index contributed by atoms with van der Waals surface area (Å²) in [6, 6.07) is 10.7. The average molecular weight is 271 g/mol. The Hall–Kier alpha value is -2.53. The standard InChI is InChI=1S/C15H13NO4/c16-13-7-11(9-4-2-1-3-5-9)14-15(20-13)12(18)6-10(8-17)19-14/h1-7,11,17H,8,16H2. The highest BCUT2D eigenvalue weighted by atomic mass is 16.5. The van der Waals surface area contributed by atoms with Gasteiger partial charge in [0.2, 0.25) is 11.2 Å². The molecule has 5 heteroatoms. The first kappa shape index (κ1) is 12.5. The van der Waals surface area contributed by atoms with Gasteiger partial charge in [0.15, 0.2) is 11.6 Å². The summed E-state index contributed by atoms with van der Waals surface area (Å²) in [4.78, 5) is 12.0. The van der Waals surface area contributed by atoms with E-state index in [1.54, 1.807) is 6.08 Å². The number of hydrogen-bond donors (Lipinski definition) is 2. The normalized spacial score (nSPS) is 17.1. The molecule has 1 aliphatic rings. The lowest BCUT2D eigenvalue weighted by molar-refractivity contribution is 0.232. The highest BCUT2D eigenvalue weighted by molar-refractivity contribution is 5.43. The van der Waals surface area contributed by atoms with Crippen molar-refractivity contribution in [1.29, 1.82) is 0 Å². The van der Waals surface area contributed by atoms with Gasteiger partial charge in [-0.15, -0.1) is 0 Å². The molecular formula is C15H13NO4. The molecule has 102 valence electrons. The number of aliphatic hydroxyl groups excluding tert-OH is 1. The van der Waals surface area contributed by atoms with Gasteiger partial charge in [0, 0.05) is 6.07 Å². The van der Waals surface area contributed by atoms with Gasteiger partial charge in [-0.25, -0.2) is 0 Å². The van der Waals surface area contributed by atoms with Crippen LogP contribution in [0.25, 0.3) is 0 Å². The van der Waals surface area contributed by atoms with Gasteiger partial charge in [0.25, 0.3) is 0 Å².